The van der Waals surface area contributed by atoms with Crippen molar-refractivity contribution in [2.75, 3.05) is 26.2 Å². The van der Waals surface area contributed by atoms with Crippen LogP contribution in [0.1, 0.15) is 33.1 Å². The lowest BCUT2D eigenvalue weighted by molar-refractivity contribution is -0.124. The topological polar surface area (TPSA) is 66.6 Å². The third-order valence-corrected chi connectivity index (χ3v) is 5.29. The minimum Gasteiger partial charge on any atom is -0.368 e. The van der Waals surface area contributed by atoms with Crippen molar-refractivity contribution in [3.8, 4) is 0 Å². The Hall–Kier alpha value is -2.37. The van der Waals surface area contributed by atoms with Crippen LogP contribution >= 0.6 is 11.6 Å². The monoisotopic (exact) mass is 385 g/mol. The second-order valence-electron chi connectivity index (χ2n) is 7.00. The van der Waals surface area contributed by atoms with Crippen molar-refractivity contribution in [2.24, 2.45) is 5.73 Å². The van der Waals surface area contributed by atoms with E-state index in [1.807, 2.05) is 54.0 Å². The van der Waals surface area contributed by atoms with E-state index in [-0.39, 0.29) is 5.91 Å². The van der Waals surface area contributed by atoms with Crippen LogP contribution in [0.15, 0.2) is 42.5 Å². The molecule has 0 spiro atoms. The summed E-state index contributed by atoms with van der Waals surface area (Å²) in [6.45, 7) is 6.27. The van der Waals surface area contributed by atoms with Gasteiger partial charge >= 0.3 is 0 Å². The summed E-state index contributed by atoms with van der Waals surface area (Å²) in [5.41, 5.74) is 9.34. The molecule has 2 N–H and O–H groups in total. The van der Waals surface area contributed by atoms with E-state index in [1.54, 1.807) is 12.1 Å². The molecule has 0 saturated carbocycles. The predicted molar refractivity (Wildman–Crippen MR) is 107 cm³/mol. The molecule has 142 valence electrons. The molecule has 0 radical (unpaired) electrons. The zero-order valence-corrected chi connectivity index (χ0v) is 16.4. The third-order valence-electron chi connectivity index (χ3n) is 5.03. The lowest BCUT2D eigenvalue weighted by Crippen LogP contribution is -2.52. The fraction of sp³-hybridized carbons (Fsp3) is 0.333. The van der Waals surface area contributed by atoms with Crippen molar-refractivity contribution in [1.82, 2.24) is 9.80 Å². The van der Waals surface area contributed by atoms with Gasteiger partial charge in [0.2, 0.25) is 5.91 Å². The third kappa shape index (κ3) is 4.31. The van der Waals surface area contributed by atoms with E-state index in [4.69, 9.17) is 17.3 Å². The van der Waals surface area contributed by atoms with Gasteiger partial charge in [0.1, 0.15) is 6.04 Å². The van der Waals surface area contributed by atoms with Crippen molar-refractivity contribution >= 4 is 23.4 Å². The lowest BCUT2D eigenvalue weighted by atomic mass is 10.0. The van der Waals surface area contributed by atoms with Gasteiger partial charge in [-0.15, -0.1) is 0 Å². The van der Waals surface area contributed by atoms with Crippen LogP contribution in [0, 0.1) is 13.8 Å². The highest BCUT2D eigenvalue weighted by atomic mass is 35.5. The number of benzene rings is 2. The normalized spacial score (nSPS) is 16.2. The highest BCUT2D eigenvalue weighted by Gasteiger charge is 2.30. The Morgan fingerprint density at radius 3 is 2.19 bits per heavy atom. The van der Waals surface area contributed by atoms with E-state index in [0.717, 1.165) is 22.3 Å². The van der Waals surface area contributed by atoms with Gasteiger partial charge < -0.3 is 10.6 Å². The van der Waals surface area contributed by atoms with E-state index in [2.05, 4.69) is 0 Å². The number of hydrogen-bond donors (Lipinski definition) is 1. The van der Waals surface area contributed by atoms with Gasteiger partial charge in [0.15, 0.2) is 0 Å². The molecule has 0 bridgehead atoms. The smallest absolute Gasteiger partial charge is 0.254 e. The molecule has 0 aromatic heterocycles. The Kier molecular flexibility index (Phi) is 5.82. The number of carbonyl (C=O) groups is 2. The molecule has 1 saturated heterocycles. The molecule has 0 unspecified atom stereocenters. The summed E-state index contributed by atoms with van der Waals surface area (Å²) < 4.78 is 0. The van der Waals surface area contributed by atoms with Gasteiger partial charge in [0.25, 0.3) is 5.91 Å². The zero-order valence-electron chi connectivity index (χ0n) is 15.6. The summed E-state index contributed by atoms with van der Waals surface area (Å²) in [7, 11) is 0. The molecule has 1 atom stereocenters. The number of rotatable bonds is 4. The average molecular weight is 386 g/mol. The van der Waals surface area contributed by atoms with Crippen LogP contribution in [-0.4, -0.2) is 47.8 Å². The van der Waals surface area contributed by atoms with Gasteiger partial charge in [-0.05, 0) is 43.2 Å². The lowest BCUT2D eigenvalue weighted by Gasteiger charge is -2.38. The fourth-order valence-corrected chi connectivity index (χ4v) is 3.73. The number of amides is 2. The Morgan fingerprint density at radius 2 is 1.63 bits per heavy atom. The van der Waals surface area contributed by atoms with E-state index in [9.17, 15) is 9.59 Å². The summed E-state index contributed by atoms with van der Waals surface area (Å²) >= 11 is 5.94. The molecule has 2 aromatic rings. The summed E-state index contributed by atoms with van der Waals surface area (Å²) in [6, 6.07) is 12.5. The van der Waals surface area contributed by atoms with Crippen molar-refractivity contribution in [1.29, 1.82) is 0 Å². The highest BCUT2D eigenvalue weighted by Crippen LogP contribution is 2.24. The van der Waals surface area contributed by atoms with Crippen LogP contribution < -0.4 is 5.73 Å². The fourth-order valence-electron chi connectivity index (χ4n) is 3.61. The molecule has 2 aromatic carbocycles. The average Bonchev–Trinajstić information content (AvgIpc) is 2.63. The van der Waals surface area contributed by atoms with Crippen molar-refractivity contribution in [3.05, 3.63) is 69.7 Å². The van der Waals surface area contributed by atoms with Crippen molar-refractivity contribution in [3.63, 3.8) is 0 Å². The summed E-state index contributed by atoms with van der Waals surface area (Å²) in [6.07, 6.45) is 0. The van der Waals surface area contributed by atoms with E-state index >= 15 is 0 Å². The number of nitrogens with two attached hydrogens (primary N) is 1. The van der Waals surface area contributed by atoms with Crippen LogP contribution in [0.25, 0.3) is 0 Å². The molecule has 2 amide bonds. The number of piperazine rings is 1. The summed E-state index contributed by atoms with van der Waals surface area (Å²) in [4.78, 5) is 28.8. The Labute approximate surface area is 164 Å². The maximum atomic E-state index is 12.9. The Bertz CT molecular complexity index is 843. The highest BCUT2D eigenvalue weighted by molar-refractivity contribution is 6.30. The molecule has 0 aliphatic carbocycles. The van der Waals surface area contributed by atoms with E-state index in [0.29, 0.717) is 31.2 Å². The van der Waals surface area contributed by atoms with Crippen molar-refractivity contribution < 1.29 is 9.59 Å². The number of carbonyl (C=O) groups excluding carboxylic acids is 2. The molecule has 1 aliphatic rings. The minimum absolute atomic E-state index is 0.0364. The Morgan fingerprint density at radius 1 is 1.00 bits per heavy atom. The van der Waals surface area contributed by atoms with Gasteiger partial charge in [-0.1, -0.05) is 41.4 Å². The molecule has 6 heteroatoms. The predicted octanol–water partition coefficient (Wildman–Crippen LogP) is 2.94. The van der Waals surface area contributed by atoms with E-state index < -0.39 is 11.9 Å². The van der Waals surface area contributed by atoms with Gasteiger partial charge in [-0.3, -0.25) is 14.5 Å². The maximum Gasteiger partial charge on any atom is 0.254 e. The summed E-state index contributed by atoms with van der Waals surface area (Å²) in [5, 5.41) is 0.617. The number of nitrogens with zero attached hydrogens (tertiary/aromatic N) is 2. The molecular formula is C21H24ClN3O2. The first-order chi connectivity index (χ1) is 12.9. The number of primary amides is 1. The maximum absolute atomic E-state index is 12.9. The quantitative estimate of drug-likeness (QED) is 0.879. The van der Waals surface area contributed by atoms with Crippen LogP contribution in [0.3, 0.4) is 0 Å². The number of hydrogen-bond acceptors (Lipinski definition) is 3. The first kappa shape index (κ1) is 19.4. The zero-order chi connectivity index (χ0) is 19.6. The standard InChI is InChI=1S/C21H24ClN3O2/c1-14-3-8-18(15(2)13-14)21(27)25-11-9-24(10-12-25)19(20(23)26)16-4-6-17(22)7-5-16/h3-8,13,19H,9-12H2,1-2H3,(H2,23,26)/t19-/m1/s1. The van der Waals surface area contributed by atoms with Gasteiger partial charge in [-0.25, -0.2) is 0 Å². The SMILES string of the molecule is Cc1ccc(C(=O)N2CCN([C@@H](C(N)=O)c3ccc(Cl)cc3)CC2)c(C)c1. The molecule has 3 rings (SSSR count). The molecule has 1 fully saturated rings. The minimum atomic E-state index is -0.513. The first-order valence-corrected chi connectivity index (χ1v) is 9.40. The van der Waals surface area contributed by atoms with Gasteiger partial charge in [-0.2, -0.15) is 0 Å². The number of halogens is 1. The number of aryl methyl sites for hydroxylation is 2. The summed E-state index contributed by atoms with van der Waals surface area (Å²) in [5.74, 6) is -0.360. The first-order valence-electron chi connectivity index (χ1n) is 9.02. The van der Waals surface area contributed by atoms with Gasteiger partial charge in [0, 0.05) is 36.8 Å². The molecule has 27 heavy (non-hydrogen) atoms. The molecule has 1 heterocycles. The van der Waals surface area contributed by atoms with Gasteiger partial charge in [0.05, 0.1) is 0 Å². The van der Waals surface area contributed by atoms with Crippen LogP contribution in [-0.2, 0) is 4.79 Å². The van der Waals surface area contributed by atoms with Crippen molar-refractivity contribution in [2.45, 2.75) is 19.9 Å². The van der Waals surface area contributed by atoms with Crippen LogP contribution in [0.2, 0.25) is 5.02 Å². The van der Waals surface area contributed by atoms with Crippen LogP contribution in [0.4, 0.5) is 0 Å². The molecule has 1 aliphatic heterocycles. The molecule has 5 nitrogen and oxygen atoms in total. The second-order valence-corrected chi connectivity index (χ2v) is 7.44. The largest absolute Gasteiger partial charge is 0.368 e. The molecular weight excluding hydrogens is 362 g/mol. The second kappa shape index (κ2) is 8.11. The van der Waals surface area contributed by atoms with E-state index in [1.165, 1.54) is 0 Å². The van der Waals surface area contributed by atoms with Crippen LogP contribution in [0.5, 0.6) is 0 Å². The Balaban J connectivity index is 1.70.